The predicted octanol–water partition coefficient (Wildman–Crippen LogP) is 4.54. The van der Waals surface area contributed by atoms with Crippen molar-refractivity contribution in [3.63, 3.8) is 0 Å². The minimum atomic E-state index is -0.265. The highest BCUT2D eigenvalue weighted by Gasteiger charge is 2.14. The molecule has 25 heavy (non-hydrogen) atoms. The van der Waals surface area contributed by atoms with E-state index in [0.717, 1.165) is 22.7 Å². The lowest BCUT2D eigenvalue weighted by Gasteiger charge is -2.07. The maximum absolute atomic E-state index is 12.5. The normalized spacial score (nSPS) is 11.3. The Labute approximate surface area is 146 Å². The Morgan fingerprint density at radius 1 is 1.20 bits per heavy atom. The molecule has 0 N–H and O–H groups in total. The van der Waals surface area contributed by atoms with Gasteiger partial charge >= 0.3 is 0 Å². The first-order valence-corrected chi connectivity index (χ1v) is 8.01. The third kappa shape index (κ3) is 3.46. The first-order chi connectivity index (χ1) is 12.1. The fraction of sp³-hybridized carbons (Fsp3) is 0.143. The molecule has 0 bridgehead atoms. The minimum absolute atomic E-state index is 0.129. The number of allylic oxidation sites excluding steroid dienone is 1. The van der Waals surface area contributed by atoms with Crippen molar-refractivity contribution in [2.75, 3.05) is 0 Å². The van der Waals surface area contributed by atoms with E-state index in [0.29, 0.717) is 12.1 Å². The Balaban J connectivity index is 1.94. The van der Waals surface area contributed by atoms with Gasteiger partial charge in [-0.3, -0.25) is 4.79 Å². The van der Waals surface area contributed by atoms with Gasteiger partial charge in [-0.25, -0.2) is 0 Å². The van der Waals surface area contributed by atoms with Crippen molar-refractivity contribution in [3.05, 3.63) is 88.6 Å². The molecule has 0 spiro atoms. The highest BCUT2D eigenvalue weighted by molar-refractivity contribution is 6.14. The summed E-state index contributed by atoms with van der Waals surface area (Å²) in [4.78, 5) is 12.5. The lowest BCUT2D eigenvalue weighted by atomic mass is 10.0. The second kappa shape index (κ2) is 7.06. The molecule has 0 unspecified atom stereocenters. The fourth-order valence-electron chi connectivity index (χ4n) is 2.82. The number of nitrogens with zero attached hydrogens (tertiary/aromatic N) is 2. The largest absolute Gasteiger partial charge is 0.467 e. The number of hydrogen-bond acceptors (Lipinski definition) is 3. The van der Waals surface area contributed by atoms with E-state index in [4.69, 9.17) is 4.42 Å². The molecule has 0 amide bonds. The Morgan fingerprint density at radius 3 is 2.60 bits per heavy atom. The summed E-state index contributed by atoms with van der Waals surface area (Å²) in [5.74, 6) is 0.595. The molecule has 124 valence electrons. The van der Waals surface area contributed by atoms with Crippen LogP contribution in [-0.2, 0) is 6.54 Å². The van der Waals surface area contributed by atoms with E-state index < -0.39 is 0 Å². The van der Waals surface area contributed by atoms with Crippen molar-refractivity contribution >= 4 is 11.9 Å². The quantitative estimate of drug-likeness (QED) is 0.392. The molecule has 0 radical (unpaired) electrons. The zero-order valence-electron chi connectivity index (χ0n) is 14.2. The number of Topliss-reactive ketones (excluding diaryl/α,β-unsaturated/α-hetero) is 1. The number of benzene rings is 1. The average Bonchev–Trinajstić information content (AvgIpc) is 3.24. The van der Waals surface area contributed by atoms with Crippen molar-refractivity contribution in [2.24, 2.45) is 0 Å². The van der Waals surface area contributed by atoms with Gasteiger partial charge in [-0.15, -0.1) is 0 Å². The fourth-order valence-corrected chi connectivity index (χ4v) is 2.82. The number of rotatable bonds is 5. The van der Waals surface area contributed by atoms with Crippen molar-refractivity contribution in [2.45, 2.75) is 20.4 Å². The summed E-state index contributed by atoms with van der Waals surface area (Å²) in [6, 6.07) is 16.6. The Bertz CT molecular complexity index is 955. The van der Waals surface area contributed by atoms with Gasteiger partial charge in [0.1, 0.15) is 17.4 Å². The van der Waals surface area contributed by atoms with Gasteiger partial charge in [0.15, 0.2) is 0 Å². The molecular weight excluding hydrogens is 312 g/mol. The van der Waals surface area contributed by atoms with Crippen molar-refractivity contribution < 1.29 is 9.21 Å². The van der Waals surface area contributed by atoms with Crippen LogP contribution in [0.3, 0.4) is 0 Å². The van der Waals surface area contributed by atoms with E-state index in [1.807, 2.05) is 44.2 Å². The molecule has 4 nitrogen and oxygen atoms in total. The van der Waals surface area contributed by atoms with Gasteiger partial charge in [-0.2, -0.15) is 5.26 Å². The van der Waals surface area contributed by atoms with Crippen LogP contribution in [0.2, 0.25) is 0 Å². The summed E-state index contributed by atoms with van der Waals surface area (Å²) in [7, 11) is 0. The molecule has 2 aromatic heterocycles. The topological polar surface area (TPSA) is 58.9 Å². The molecule has 0 aliphatic carbocycles. The Hall–Kier alpha value is -3.32. The van der Waals surface area contributed by atoms with Gasteiger partial charge in [-0.1, -0.05) is 30.3 Å². The van der Waals surface area contributed by atoms with E-state index in [-0.39, 0.29) is 11.4 Å². The number of nitriles is 1. The van der Waals surface area contributed by atoms with Crippen LogP contribution in [0.4, 0.5) is 0 Å². The first-order valence-electron chi connectivity index (χ1n) is 8.01. The SMILES string of the molecule is Cc1cc(/C=C(\C#N)C(=O)c2ccccc2)c(C)n1Cc1ccco1. The van der Waals surface area contributed by atoms with Crippen molar-refractivity contribution in [1.82, 2.24) is 4.57 Å². The van der Waals surface area contributed by atoms with Crippen LogP contribution in [-0.4, -0.2) is 10.4 Å². The summed E-state index contributed by atoms with van der Waals surface area (Å²) in [6.07, 6.45) is 3.31. The maximum Gasteiger partial charge on any atom is 0.203 e. The van der Waals surface area contributed by atoms with Gasteiger partial charge in [0, 0.05) is 17.0 Å². The lowest BCUT2D eigenvalue weighted by Crippen LogP contribution is -2.04. The van der Waals surface area contributed by atoms with Crippen LogP contribution in [0.25, 0.3) is 6.08 Å². The molecule has 3 rings (SSSR count). The van der Waals surface area contributed by atoms with E-state index in [2.05, 4.69) is 4.57 Å². The number of furan rings is 1. The van der Waals surface area contributed by atoms with Crippen LogP contribution in [0.5, 0.6) is 0 Å². The molecule has 0 aliphatic heterocycles. The molecule has 1 aromatic carbocycles. The molecule has 2 heterocycles. The van der Waals surface area contributed by atoms with Gasteiger partial charge < -0.3 is 8.98 Å². The molecule has 4 heteroatoms. The number of aromatic nitrogens is 1. The smallest absolute Gasteiger partial charge is 0.203 e. The third-order valence-corrected chi connectivity index (χ3v) is 4.21. The van der Waals surface area contributed by atoms with Crippen LogP contribution in [0, 0.1) is 25.2 Å². The van der Waals surface area contributed by atoms with E-state index >= 15 is 0 Å². The maximum atomic E-state index is 12.5. The highest BCUT2D eigenvalue weighted by atomic mass is 16.3. The van der Waals surface area contributed by atoms with Crippen LogP contribution in [0.15, 0.2) is 64.8 Å². The lowest BCUT2D eigenvalue weighted by molar-refractivity contribution is 0.104. The number of aryl methyl sites for hydroxylation is 1. The van der Waals surface area contributed by atoms with E-state index in [1.165, 1.54) is 0 Å². The highest BCUT2D eigenvalue weighted by Crippen LogP contribution is 2.21. The monoisotopic (exact) mass is 330 g/mol. The third-order valence-electron chi connectivity index (χ3n) is 4.21. The predicted molar refractivity (Wildman–Crippen MR) is 96.1 cm³/mol. The zero-order valence-corrected chi connectivity index (χ0v) is 14.2. The average molecular weight is 330 g/mol. The molecule has 0 atom stereocenters. The molecule has 0 saturated carbocycles. The van der Waals surface area contributed by atoms with Crippen molar-refractivity contribution in [1.29, 1.82) is 5.26 Å². The van der Waals surface area contributed by atoms with Crippen LogP contribution < -0.4 is 0 Å². The first kappa shape index (κ1) is 16.5. The summed E-state index contributed by atoms with van der Waals surface area (Å²) in [5, 5.41) is 9.43. The Morgan fingerprint density at radius 2 is 1.96 bits per heavy atom. The number of ketones is 1. The number of carbonyl (C=O) groups is 1. The second-order valence-corrected chi connectivity index (χ2v) is 5.86. The summed E-state index contributed by atoms with van der Waals surface area (Å²) < 4.78 is 7.52. The number of carbonyl (C=O) groups excluding carboxylic acids is 1. The van der Waals surface area contributed by atoms with Gasteiger partial charge in [0.25, 0.3) is 0 Å². The van der Waals surface area contributed by atoms with Crippen LogP contribution in [0.1, 0.15) is 33.1 Å². The summed E-state index contributed by atoms with van der Waals surface area (Å²) in [5.41, 5.74) is 3.54. The summed E-state index contributed by atoms with van der Waals surface area (Å²) in [6.45, 7) is 4.59. The van der Waals surface area contributed by atoms with Crippen molar-refractivity contribution in [3.8, 4) is 6.07 Å². The summed E-state index contributed by atoms with van der Waals surface area (Å²) >= 11 is 0. The molecule has 0 saturated heterocycles. The van der Waals surface area contributed by atoms with Gasteiger partial charge in [0.05, 0.1) is 12.8 Å². The molecule has 0 aliphatic rings. The zero-order chi connectivity index (χ0) is 17.8. The standard InChI is InChI=1S/C21H18N2O2/c1-15-11-18(16(2)23(15)14-20-9-6-10-25-20)12-19(13-22)21(24)17-7-4-3-5-8-17/h3-12H,14H2,1-2H3/b19-12+. The second-order valence-electron chi connectivity index (χ2n) is 5.86. The van der Waals surface area contributed by atoms with Gasteiger partial charge in [0.2, 0.25) is 5.78 Å². The van der Waals surface area contributed by atoms with E-state index in [9.17, 15) is 10.1 Å². The number of hydrogen-bond donors (Lipinski definition) is 0. The molecular formula is C21H18N2O2. The Kier molecular flexibility index (Phi) is 4.67. The van der Waals surface area contributed by atoms with E-state index in [1.54, 1.807) is 36.6 Å². The molecule has 3 aromatic rings. The molecule has 0 fully saturated rings. The van der Waals surface area contributed by atoms with Gasteiger partial charge in [-0.05, 0) is 43.7 Å². The minimum Gasteiger partial charge on any atom is -0.467 e. The van der Waals surface area contributed by atoms with Crippen LogP contribution >= 0.6 is 0 Å².